The van der Waals surface area contributed by atoms with E-state index >= 15 is 0 Å². The summed E-state index contributed by atoms with van der Waals surface area (Å²) in [5.41, 5.74) is 0.692. The van der Waals surface area contributed by atoms with Crippen molar-refractivity contribution in [3.63, 3.8) is 0 Å². The van der Waals surface area contributed by atoms with Crippen LogP contribution in [0.3, 0.4) is 0 Å². The quantitative estimate of drug-likeness (QED) is 0.746. The lowest BCUT2D eigenvalue weighted by Gasteiger charge is -2.18. The maximum atomic E-state index is 13.2. The van der Waals surface area contributed by atoms with Crippen molar-refractivity contribution in [2.75, 3.05) is 5.32 Å². The lowest BCUT2D eigenvalue weighted by atomic mass is 9.95. The van der Waals surface area contributed by atoms with E-state index in [9.17, 15) is 8.78 Å². The molecule has 0 aliphatic heterocycles. The standard InChI is InChI=1S/C16H23F2N/c1-2-4-12-5-3-6-13(8-7-12)19-14-9-10-15(17)16(18)11-14/h9-13,19H,2-8H2,1H3. The van der Waals surface area contributed by atoms with Gasteiger partial charge in [-0.3, -0.25) is 0 Å². The predicted molar refractivity (Wildman–Crippen MR) is 75.3 cm³/mol. The fourth-order valence-corrected chi connectivity index (χ4v) is 3.04. The summed E-state index contributed by atoms with van der Waals surface area (Å²) in [6.07, 6.45) is 8.61. The molecular weight excluding hydrogens is 244 g/mol. The van der Waals surface area contributed by atoms with Gasteiger partial charge in [-0.15, -0.1) is 0 Å². The third-order valence-corrected chi connectivity index (χ3v) is 4.08. The molecule has 3 heteroatoms. The number of rotatable bonds is 4. The van der Waals surface area contributed by atoms with Crippen LogP contribution in [-0.4, -0.2) is 6.04 Å². The average Bonchev–Trinajstić information content (AvgIpc) is 2.60. The smallest absolute Gasteiger partial charge is 0.160 e. The predicted octanol–water partition coefficient (Wildman–Crippen LogP) is 5.13. The molecule has 0 saturated heterocycles. The third-order valence-electron chi connectivity index (χ3n) is 4.08. The zero-order valence-corrected chi connectivity index (χ0v) is 11.6. The molecule has 1 aromatic carbocycles. The first-order chi connectivity index (χ1) is 9.19. The van der Waals surface area contributed by atoms with E-state index in [4.69, 9.17) is 0 Å². The molecule has 19 heavy (non-hydrogen) atoms. The van der Waals surface area contributed by atoms with Crippen molar-refractivity contribution in [3.05, 3.63) is 29.8 Å². The molecule has 1 saturated carbocycles. The molecule has 0 heterocycles. The topological polar surface area (TPSA) is 12.0 Å². The Labute approximate surface area is 114 Å². The summed E-state index contributed by atoms with van der Waals surface area (Å²) < 4.78 is 26.0. The summed E-state index contributed by atoms with van der Waals surface area (Å²) >= 11 is 0. The van der Waals surface area contributed by atoms with Gasteiger partial charge < -0.3 is 5.32 Å². The van der Waals surface area contributed by atoms with Gasteiger partial charge in [-0.2, -0.15) is 0 Å². The molecule has 106 valence electrons. The Balaban J connectivity index is 1.90. The fourth-order valence-electron chi connectivity index (χ4n) is 3.04. The zero-order valence-electron chi connectivity index (χ0n) is 11.6. The number of hydrogen-bond acceptors (Lipinski definition) is 1. The Morgan fingerprint density at radius 3 is 2.68 bits per heavy atom. The van der Waals surface area contributed by atoms with E-state index in [2.05, 4.69) is 12.2 Å². The number of benzene rings is 1. The number of anilines is 1. The fraction of sp³-hybridized carbons (Fsp3) is 0.625. The minimum absolute atomic E-state index is 0.395. The Morgan fingerprint density at radius 2 is 1.95 bits per heavy atom. The van der Waals surface area contributed by atoms with Crippen LogP contribution in [0.5, 0.6) is 0 Å². The highest BCUT2D eigenvalue weighted by Gasteiger charge is 2.18. The van der Waals surface area contributed by atoms with Crippen LogP contribution in [0.15, 0.2) is 18.2 Å². The maximum absolute atomic E-state index is 13.2. The average molecular weight is 267 g/mol. The summed E-state index contributed by atoms with van der Waals surface area (Å²) in [4.78, 5) is 0. The van der Waals surface area contributed by atoms with Gasteiger partial charge in [-0.05, 0) is 37.3 Å². The lowest BCUT2D eigenvalue weighted by molar-refractivity contribution is 0.422. The third kappa shape index (κ3) is 4.19. The molecule has 1 nitrogen and oxygen atoms in total. The summed E-state index contributed by atoms with van der Waals surface area (Å²) in [6.45, 7) is 2.24. The van der Waals surface area contributed by atoms with Gasteiger partial charge in [-0.25, -0.2) is 8.78 Å². The van der Waals surface area contributed by atoms with Crippen LogP contribution in [-0.2, 0) is 0 Å². The van der Waals surface area contributed by atoms with Crippen LogP contribution in [0, 0.1) is 17.6 Å². The molecule has 1 aromatic rings. The molecule has 1 N–H and O–H groups in total. The van der Waals surface area contributed by atoms with E-state index in [0.29, 0.717) is 11.7 Å². The van der Waals surface area contributed by atoms with Crippen molar-refractivity contribution in [2.45, 2.75) is 57.9 Å². The van der Waals surface area contributed by atoms with E-state index in [1.165, 1.54) is 44.2 Å². The van der Waals surface area contributed by atoms with Crippen molar-refractivity contribution >= 4 is 5.69 Å². The minimum atomic E-state index is -0.783. The van der Waals surface area contributed by atoms with Gasteiger partial charge in [0, 0.05) is 17.8 Å². The number of hydrogen-bond donors (Lipinski definition) is 1. The van der Waals surface area contributed by atoms with Crippen molar-refractivity contribution in [1.82, 2.24) is 0 Å². The summed E-state index contributed by atoms with van der Waals surface area (Å²) in [6, 6.07) is 4.46. The monoisotopic (exact) mass is 267 g/mol. The molecule has 0 spiro atoms. The molecule has 0 radical (unpaired) electrons. The highest BCUT2D eigenvalue weighted by Crippen LogP contribution is 2.28. The number of nitrogens with one attached hydrogen (secondary N) is 1. The number of halogens is 2. The van der Waals surface area contributed by atoms with Crippen molar-refractivity contribution < 1.29 is 8.78 Å². The molecule has 1 fully saturated rings. The first-order valence-electron chi connectivity index (χ1n) is 7.40. The first kappa shape index (κ1) is 14.3. The largest absolute Gasteiger partial charge is 0.382 e. The molecule has 1 aliphatic rings. The normalized spacial score (nSPS) is 23.9. The molecule has 2 unspecified atom stereocenters. The first-order valence-corrected chi connectivity index (χ1v) is 7.40. The van der Waals surface area contributed by atoms with Crippen LogP contribution in [0.2, 0.25) is 0 Å². The summed E-state index contributed by atoms with van der Waals surface area (Å²) in [5, 5.41) is 3.34. The van der Waals surface area contributed by atoms with Gasteiger partial charge in [0.25, 0.3) is 0 Å². The molecule has 0 amide bonds. The van der Waals surface area contributed by atoms with Gasteiger partial charge >= 0.3 is 0 Å². The molecule has 1 aliphatic carbocycles. The SMILES string of the molecule is CCCC1CCCC(Nc2ccc(F)c(F)c2)CC1. The molecule has 2 rings (SSSR count). The van der Waals surface area contributed by atoms with Crippen LogP contribution in [0.4, 0.5) is 14.5 Å². The lowest BCUT2D eigenvalue weighted by Crippen LogP contribution is -2.18. The van der Waals surface area contributed by atoms with E-state index in [1.807, 2.05) is 0 Å². The maximum Gasteiger partial charge on any atom is 0.160 e. The second-order valence-corrected chi connectivity index (χ2v) is 5.63. The van der Waals surface area contributed by atoms with E-state index < -0.39 is 11.6 Å². The van der Waals surface area contributed by atoms with Crippen LogP contribution < -0.4 is 5.32 Å². The van der Waals surface area contributed by atoms with Gasteiger partial charge in [-0.1, -0.05) is 32.6 Å². The molecule has 0 bridgehead atoms. The Bertz CT molecular complexity index is 406. The molecule has 0 aromatic heterocycles. The van der Waals surface area contributed by atoms with Gasteiger partial charge in [0.1, 0.15) is 0 Å². The molecule has 2 atom stereocenters. The Kier molecular flexibility index (Phi) is 5.17. The van der Waals surface area contributed by atoms with Crippen LogP contribution >= 0.6 is 0 Å². The van der Waals surface area contributed by atoms with Crippen molar-refractivity contribution in [3.8, 4) is 0 Å². The van der Waals surface area contributed by atoms with Crippen molar-refractivity contribution in [2.24, 2.45) is 5.92 Å². The zero-order chi connectivity index (χ0) is 13.7. The van der Waals surface area contributed by atoms with Crippen molar-refractivity contribution in [1.29, 1.82) is 0 Å². The van der Waals surface area contributed by atoms with Gasteiger partial charge in [0.15, 0.2) is 11.6 Å². The minimum Gasteiger partial charge on any atom is -0.382 e. The Hall–Kier alpha value is -1.12. The van der Waals surface area contributed by atoms with Gasteiger partial charge in [0.2, 0.25) is 0 Å². The highest BCUT2D eigenvalue weighted by atomic mass is 19.2. The second kappa shape index (κ2) is 6.88. The van der Waals surface area contributed by atoms with Gasteiger partial charge in [0.05, 0.1) is 0 Å². The van der Waals surface area contributed by atoms with E-state index in [1.54, 1.807) is 6.07 Å². The van der Waals surface area contributed by atoms with Crippen LogP contribution in [0.1, 0.15) is 51.9 Å². The van der Waals surface area contributed by atoms with Crippen LogP contribution in [0.25, 0.3) is 0 Å². The highest BCUT2D eigenvalue weighted by molar-refractivity contribution is 5.44. The summed E-state index contributed by atoms with van der Waals surface area (Å²) in [5.74, 6) is -0.710. The van der Waals surface area contributed by atoms with E-state index in [0.717, 1.165) is 18.8 Å². The summed E-state index contributed by atoms with van der Waals surface area (Å²) in [7, 11) is 0. The van der Waals surface area contributed by atoms with E-state index in [-0.39, 0.29) is 0 Å². The Morgan fingerprint density at radius 1 is 1.11 bits per heavy atom. The molecular formula is C16H23F2N. The second-order valence-electron chi connectivity index (χ2n) is 5.63.